The lowest BCUT2D eigenvalue weighted by atomic mass is 10.1. The maximum Gasteiger partial charge on any atom is 0.278 e. The van der Waals surface area contributed by atoms with E-state index in [1.807, 2.05) is 26.8 Å². The zero-order valence-corrected chi connectivity index (χ0v) is 17.1. The molecule has 0 radical (unpaired) electrons. The number of rotatable bonds is 4. The molecule has 0 aliphatic carbocycles. The minimum atomic E-state index is -0.622. The summed E-state index contributed by atoms with van der Waals surface area (Å²) in [5.41, 5.74) is 3.00. The molecule has 0 bridgehead atoms. The fraction of sp³-hybridized carbons (Fsp3) is 0.261. The Morgan fingerprint density at radius 1 is 1.17 bits per heavy atom. The third kappa shape index (κ3) is 3.58. The van der Waals surface area contributed by atoms with Crippen molar-refractivity contribution >= 4 is 17.5 Å². The van der Waals surface area contributed by atoms with Crippen LogP contribution in [0.3, 0.4) is 0 Å². The number of fused-ring (bicyclic) bond motifs is 1. The van der Waals surface area contributed by atoms with E-state index in [2.05, 4.69) is 5.10 Å². The smallest absolute Gasteiger partial charge is 0.278 e. The summed E-state index contributed by atoms with van der Waals surface area (Å²) in [6, 6.07) is 12.9. The van der Waals surface area contributed by atoms with Gasteiger partial charge in [0.1, 0.15) is 11.6 Å². The third-order valence-electron chi connectivity index (χ3n) is 5.11. The molecule has 6 nitrogen and oxygen atoms in total. The van der Waals surface area contributed by atoms with Crippen LogP contribution in [0.25, 0.3) is 0 Å². The first-order chi connectivity index (χ1) is 14.4. The SMILES string of the molecule is CCC1Oc2ccc(C(=O)n3nc(C)cc3C)cc2N(Cc2cccc(F)c2)C1=O. The molecule has 1 unspecified atom stereocenters. The Hall–Kier alpha value is -3.48. The number of nitrogens with zero attached hydrogens (tertiary/aromatic N) is 3. The first-order valence-electron chi connectivity index (χ1n) is 9.82. The van der Waals surface area contributed by atoms with Crippen LogP contribution in [0.5, 0.6) is 5.75 Å². The van der Waals surface area contributed by atoms with Gasteiger partial charge < -0.3 is 9.64 Å². The van der Waals surface area contributed by atoms with Crippen molar-refractivity contribution in [2.75, 3.05) is 4.90 Å². The summed E-state index contributed by atoms with van der Waals surface area (Å²) in [6.07, 6.45) is -0.117. The van der Waals surface area contributed by atoms with Gasteiger partial charge in [0.2, 0.25) is 0 Å². The van der Waals surface area contributed by atoms with Gasteiger partial charge in [0.15, 0.2) is 6.10 Å². The zero-order valence-electron chi connectivity index (χ0n) is 17.1. The number of aromatic nitrogens is 2. The quantitative estimate of drug-likeness (QED) is 0.655. The van der Waals surface area contributed by atoms with Gasteiger partial charge in [0.25, 0.3) is 11.8 Å². The predicted octanol–water partition coefficient (Wildman–Crippen LogP) is 4.03. The van der Waals surface area contributed by atoms with Crippen LogP contribution in [0.2, 0.25) is 0 Å². The minimum absolute atomic E-state index is 0.182. The summed E-state index contributed by atoms with van der Waals surface area (Å²) < 4.78 is 20.9. The molecule has 30 heavy (non-hydrogen) atoms. The fourth-order valence-electron chi connectivity index (χ4n) is 3.65. The Labute approximate surface area is 173 Å². The molecule has 0 spiro atoms. The molecule has 1 aromatic heterocycles. The summed E-state index contributed by atoms with van der Waals surface area (Å²) in [4.78, 5) is 27.6. The molecule has 0 saturated carbocycles. The van der Waals surface area contributed by atoms with Crippen LogP contribution < -0.4 is 9.64 Å². The molecule has 1 atom stereocenters. The normalized spacial score (nSPS) is 15.7. The maximum atomic E-state index is 13.7. The molecular formula is C23H22FN3O3. The van der Waals surface area contributed by atoms with Gasteiger partial charge in [-0.05, 0) is 62.2 Å². The van der Waals surface area contributed by atoms with Crippen LogP contribution in [-0.4, -0.2) is 27.7 Å². The molecule has 0 N–H and O–H groups in total. The van der Waals surface area contributed by atoms with Crippen LogP contribution in [-0.2, 0) is 11.3 Å². The van der Waals surface area contributed by atoms with Gasteiger partial charge in [-0.3, -0.25) is 9.59 Å². The molecule has 1 aliphatic heterocycles. The predicted molar refractivity (Wildman–Crippen MR) is 110 cm³/mol. The van der Waals surface area contributed by atoms with Crippen LogP contribution in [0.4, 0.5) is 10.1 Å². The van der Waals surface area contributed by atoms with E-state index in [-0.39, 0.29) is 24.2 Å². The largest absolute Gasteiger partial charge is 0.478 e. The highest BCUT2D eigenvalue weighted by Gasteiger charge is 2.34. The number of halogens is 1. The van der Waals surface area contributed by atoms with Gasteiger partial charge >= 0.3 is 0 Å². The highest BCUT2D eigenvalue weighted by atomic mass is 19.1. The number of hydrogen-bond donors (Lipinski definition) is 0. The lowest BCUT2D eigenvalue weighted by Crippen LogP contribution is -2.45. The Balaban J connectivity index is 1.75. The summed E-state index contributed by atoms with van der Waals surface area (Å²) in [7, 11) is 0. The second kappa shape index (κ2) is 7.74. The van der Waals surface area contributed by atoms with Gasteiger partial charge in [0, 0.05) is 11.3 Å². The van der Waals surface area contributed by atoms with Crippen molar-refractivity contribution in [1.29, 1.82) is 0 Å². The van der Waals surface area contributed by atoms with E-state index in [0.717, 1.165) is 11.4 Å². The highest BCUT2D eigenvalue weighted by Crippen LogP contribution is 2.37. The van der Waals surface area contributed by atoms with Crippen LogP contribution in [0.1, 0.15) is 40.7 Å². The van der Waals surface area contributed by atoms with Crippen LogP contribution >= 0.6 is 0 Å². The number of amides is 1. The first-order valence-corrected chi connectivity index (χ1v) is 9.82. The van der Waals surface area contributed by atoms with Crippen molar-refractivity contribution < 1.29 is 18.7 Å². The Morgan fingerprint density at radius 2 is 1.97 bits per heavy atom. The van der Waals surface area contributed by atoms with Gasteiger partial charge in [-0.2, -0.15) is 5.10 Å². The summed E-state index contributed by atoms with van der Waals surface area (Å²) >= 11 is 0. The van der Waals surface area contributed by atoms with Gasteiger partial charge in [-0.1, -0.05) is 19.1 Å². The number of anilines is 1. The van der Waals surface area contributed by atoms with Crippen molar-refractivity contribution in [2.45, 2.75) is 39.8 Å². The monoisotopic (exact) mass is 407 g/mol. The molecular weight excluding hydrogens is 385 g/mol. The number of carbonyl (C=O) groups excluding carboxylic acids is 2. The summed E-state index contributed by atoms with van der Waals surface area (Å²) in [6.45, 7) is 5.68. The minimum Gasteiger partial charge on any atom is -0.478 e. The average molecular weight is 407 g/mol. The van der Waals surface area contributed by atoms with E-state index < -0.39 is 6.10 Å². The van der Waals surface area contributed by atoms with Crippen LogP contribution in [0, 0.1) is 19.7 Å². The van der Waals surface area contributed by atoms with Crippen molar-refractivity contribution in [3.05, 3.63) is 76.9 Å². The second-order valence-electron chi connectivity index (χ2n) is 7.40. The Morgan fingerprint density at radius 3 is 2.63 bits per heavy atom. The number of aryl methyl sites for hydroxylation is 2. The van der Waals surface area contributed by atoms with E-state index in [1.54, 1.807) is 35.2 Å². The average Bonchev–Trinajstić information content (AvgIpc) is 3.07. The number of hydrogen-bond acceptors (Lipinski definition) is 4. The molecule has 2 aromatic carbocycles. The van der Waals surface area contributed by atoms with Gasteiger partial charge in [-0.15, -0.1) is 0 Å². The van der Waals surface area contributed by atoms with Gasteiger partial charge in [-0.25, -0.2) is 9.07 Å². The molecule has 2 heterocycles. The lowest BCUT2D eigenvalue weighted by molar-refractivity contribution is -0.126. The Bertz CT molecular complexity index is 1140. The van der Waals surface area contributed by atoms with Crippen LogP contribution in [0.15, 0.2) is 48.5 Å². The molecule has 0 fully saturated rings. The summed E-state index contributed by atoms with van der Waals surface area (Å²) in [5, 5.41) is 4.25. The van der Waals surface area contributed by atoms with Crippen molar-refractivity contribution in [3.8, 4) is 5.75 Å². The first kappa shape index (κ1) is 19.8. The van der Waals surface area contributed by atoms with E-state index in [4.69, 9.17) is 4.74 Å². The maximum absolute atomic E-state index is 13.7. The van der Waals surface area contributed by atoms with E-state index in [1.165, 1.54) is 16.8 Å². The molecule has 1 aliphatic rings. The molecule has 154 valence electrons. The lowest BCUT2D eigenvalue weighted by Gasteiger charge is -2.34. The zero-order chi connectivity index (χ0) is 21.4. The Kier molecular flexibility index (Phi) is 5.11. The van der Waals surface area contributed by atoms with Crippen molar-refractivity contribution in [1.82, 2.24) is 9.78 Å². The third-order valence-corrected chi connectivity index (χ3v) is 5.11. The summed E-state index contributed by atoms with van der Waals surface area (Å²) in [5.74, 6) is -0.360. The second-order valence-corrected chi connectivity index (χ2v) is 7.40. The van der Waals surface area contributed by atoms with E-state index >= 15 is 0 Å². The number of ether oxygens (including phenoxy) is 1. The van der Waals surface area contributed by atoms with E-state index in [9.17, 15) is 14.0 Å². The molecule has 1 amide bonds. The fourth-order valence-corrected chi connectivity index (χ4v) is 3.65. The van der Waals surface area contributed by atoms with E-state index in [0.29, 0.717) is 29.0 Å². The van der Waals surface area contributed by atoms with Gasteiger partial charge in [0.05, 0.1) is 17.9 Å². The number of carbonyl (C=O) groups is 2. The van der Waals surface area contributed by atoms with Crippen molar-refractivity contribution in [2.24, 2.45) is 0 Å². The molecule has 3 aromatic rings. The topological polar surface area (TPSA) is 64.4 Å². The molecule has 4 rings (SSSR count). The standard InChI is InChI=1S/C23H22FN3O3/c1-4-20-23(29)26(13-16-6-5-7-18(24)11-16)19-12-17(8-9-21(19)30-20)22(28)27-15(3)10-14(2)25-27/h5-12,20H,4,13H2,1-3H3. The molecule has 7 heteroatoms. The van der Waals surface area contributed by atoms with Crippen molar-refractivity contribution in [3.63, 3.8) is 0 Å². The number of benzene rings is 2. The molecule has 0 saturated heterocycles. The highest BCUT2D eigenvalue weighted by molar-refractivity contribution is 6.03.